The number of carbonyl (C=O) groups excluding carboxylic acids is 1. The number of nitrogens with zero attached hydrogens (tertiary/aromatic N) is 5. The molecule has 1 amide bonds. The van der Waals surface area contributed by atoms with Crippen LogP contribution in [0.1, 0.15) is 10.4 Å². The minimum absolute atomic E-state index is 0.248. The van der Waals surface area contributed by atoms with Crippen molar-refractivity contribution in [3.8, 4) is 5.75 Å². The Labute approximate surface area is 202 Å². The van der Waals surface area contributed by atoms with E-state index in [1.807, 2.05) is 30.3 Å². The summed E-state index contributed by atoms with van der Waals surface area (Å²) in [5, 5.41) is 5.12. The van der Waals surface area contributed by atoms with Gasteiger partial charge in [0.15, 0.2) is 0 Å². The number of hydrogen-bond donors (Lipinski definition) is 1. The van der Waals surface area contributed by atoms with Gasteiger partial charge in [0.1, 0.15) is 11.6 Å². The zero-order valence-corrected chi connectivity index (χ0v) is 19.4. The smallest absolute Gasteiger partial charge is 0.257 e. The first-order valence-corrected chi connectivity index (χ1v) is 11.3. The van der Waals surface area contributed by atoms with Gasteiger partial charge in [-0.05, 0) is 29.7 Å². The summed E-state index contributed by atoms with van der Waals surface area (Å²) in [6, 6.07) is 14.8. The lowest BCUT2D eigenvalue weighted by atomic mass is 10.1. The Kier molecular flexibility index (Phi) is 6.14. The molecule has 9 heteroatoms. The first-order chi connectivity index (χ1) is 16.6. The van der Waals surface area contributed by atoms with E-state index in [-0.39, 0.29) is 5.91 Å². The number of anilines is 3. The van der Waals surface area contributed by atoms with Crippen LogP contribution in [0.25, 0.3) is 10.8 Å². The van der Waals surface area contributed by atoms with E-state index in [9.17, 15) is 4.79 Å². The van der Waals surface area contributed by atoms with Gasteiger partial charge in [-0.1, -0.05) is 35.9 Å². The van der Waals surface area contributed by atoms with Crippen molar-refractivity contribution in [2.45, 2.75) is 0 Å². The second-order valence-electron chi connectivity index (χ2n) is 7.87. The van der Waals surface area contributed by atoms with Crippen molar-refractivity contribution in [2.24, 2.45) is 0 Å². The molecule has 2 aromatic carbocycles. The average Bonchev–Trinajstić information content (AvgIpc) is 2.89. The van der Waals surface area contributed by atoms with Crippen molar-refractivity contribution in [3.63, 3.8) is 0 Å². The Hall–Kier alpha value is -3.91. The van der Waals surface area contributed by atoms with Gasteiger partial charge in [-0.15, -0.1) is 0 Å². The first kappa shape index (κ1) is 21.9. The molecule has 5 rings (SSSR count). The van der Waals surface area contributed by atoms with E-state index in [0.29, 0.717) is 22.0 Å². The van der Waals surface area contributed by atoms with Crippen molar-refractivity contribution in [1.82, 2.24) is 15.0 Å². The quantitative estimate of drug-likeness (QED) is 0.462. The van der Waals surface area contributed by atoms with Crippen molar-refractivity contribution in [3.05, 3.63) is 77.7 Å². The number of benzene rings is 2. The molecule has 3 heterocycles. The lowest BCUT2D eigenvalue weighted by molar-refractivity contribution is 0.102. The summed E-state index contributed by atoms with van der Waals surface area (Å²) in [4.78, 5) is 30.9. The van der Waals surface area contributed by atoms with Gasteiger partial charge < -0.3 is 19.9 Å². The molecule has 0 unspecified atom stereocenters. The molecule has 1 aliphatic heterocycles. The Morgan fingerprint density at radius 2 is 1.65 bits per heavy atom. The number of methoxy groups -OCH3 is 1. The Morgan fingerprint density at radius 3 is 2.35 bits per heavy atom. The maximum atomic E-state index is 13.1. The van der Waals surface area contributed by atoms with Crippen LogP contribution in [0.5, 0.6) is 5.75 Å². The molecule has 0 bridgehead atoms. The summed E-state index contributed by atoms with van der Waals surface area (Å²) in [6.45, 7) is 3.15. The molecule has 1 saturated heterocycles. The van der Waals surface area contributed by atoms with Gasteiger partial charge in [0.05, 0.1) is 17.7 Å². The SMILES string of the molecule is COc1ccc(NC(=O)c2cnc(N3CCN(c4ncccn4)CC3)c3ccccc23)cc1Cl. The fourth-order valence-corrected chi connectivity index (χ4v) is 4.38. The van der Waals surface area contributed by atoms with Crippen LogP contribution in [0.2, 0.25) is 5.02 Å². The van der Waals surface area contributed by atoms with E-state index in [1.165, 1.54) is 0 Å². The minimum Gasteiger partial charge on any atom is -0.495 e. The standard InChI is InChI=1S/C25H23ClN6O2/c1-34-22-8-7-17(15-21(22)26)30-24(33)20-16-29-23(19-6-3-2-5-18(19)20)31-11-13-32(14-12-31)25-27-9-4-10-28-25/h2-10,15-16H,11-14H2,1H3,(H,30,33). The summed E-state index contributed by atoms with van der Waals surface area (Å²) in [5.74, 6) is 1.91. The highest BCUT2D eigenvalue weighted by atomic mass is 35.5. The van der Waals surface area contributed by atoms with Gasteiger partial charge in [-0.25, -0.2) is 15.0 Å². The van der Waals surface area contributed by atoms with Crippen LogP contribution in [-0.2, 0) is 0 Å². The van der Waals surface area contributed by atoms with Crippen LogP contribution in [-0.4, -0.2) is 54.1 Å². The van der Waals surface area contributed by atoms with Crippen LogP contribution in [0.4, 0.5) is 17.5 Å². The molecule has 0 aliphatic carbocycles. The maximum absolute atomic E-state index is 13.1. The predicted octanol–water partition coefficient (Wildman–Crippen LogP) is 4.27. The summed E-state index contributed by atoms with van der Waals surface area (Å²) in [6.07, 6.45) is 5.16. The van der Waals surface area contributed by atoms with E-state index in [2.05, 4.69) is 25.1 Å². The molecule has 1 fully saturated rings. The molecule has 172 valence electrons. The fraction of sp³-hybridized carbons (Fsp3) is 0.200. The Morgan fingerprint density at radius 1 is 0.941 bits per heavy atom. The third-order valence-electron chi connectivity index (χ3n) is 5.84. The molecule has 0 atom stereocenters. The van der Waals surface area contributed by atoms with Gasteiger partial charge >= 0.3 is 0 Å². The molecular formula is C25H23ClN6O2. The second kappa shape index (κ2) is 9.52. The number of hydrogen-bond acceptors (Lipinski definition) is 7. The lowest BCUT2D eigenvalue weighted by Gasteiger charge is -2.35. The molecule has 34 heavy (non-hydrogen) atoms. The van der Waals surface area contributed by atoms with Gasteiger partial charge in [0.2, 0.25) is 5.95 Å². The summed E-state index contributed by atoms with van der Waals surface area (Å²) in [7, 11) is 1.55. The molecular weight excluding hydrogens is 452 g/mol. The topological polar surface area (TPSA) is 83.5 Å². The molecule has 1 N–H and O–H groups in total. The normalized spacial score (nSPS) is 13.7. The third-order valence-corrected chi connectivity index (χ3v) is 6.14. The fourth-order valence-electron chi connectivity index (χ4n) is 4.13. The number of carbonyl (C=O) groups is 1. The molecule has 8 nitrogen and oxygen atoms in total. The maximum Gasteiger partial charge on any atom is 0.257 e. The number of piperazine rings is 1. The summed E-state index contributed by atoms with van der Waals surface area (Å²) in [5.41, 5.74) is 1.09. The Bertz CT molecular complexity index is 1330. The highest BCUT2D eigenvalue weighted by molar-refractivity contribution is 6.32. The first-order valence-electron chi connectivity index (χ1n) is 10.9. The molecule has 0 radical (unpaired) electrons. The molecule has 1 aliphatic rings. The number of nitrogens with one attached hydrogen (secondary N) is 1. The van der Waals surface area contributed by atoms with E-state index >= 15 is 0 Å². The van der Waals surface area contributed by atoms with Gasteiger partial charge in [-0.2, -0.15) is 0 Å². The van der Waals surface area contributed by atoms with Crippen LogP contribution >= 0.6 is 11.6 Å². The Balaban J connectivity index is 1.38. The van der Waals surface area contributed by atoms with Crippen molar-refractivity contribution >= 4 is 45.7 Å². The minimum atomic E-state index is -0.248. The monoisotopic (exact) mass is 474 g/mol. The lowest BCUT2D eigenvalue weighted by Crippen LogP contribution is -2.47. The van der Waals surface area contributed by atoms with E-state index in [1.54, 1.807) is 43.9 Å². The summed E-state index contributed by atoms with van der Waals surface area (Å²) >= 11 is 6.20. The second-order valence-corrected chi connectivity index (χ2v) is 8.27. The van der Waals surface area contributed by atoms with E-state index < -0.39 is 0 Å². The van der Waals surface area contributed by atoms with Crippen molar-refractivity contribution < 1.29 is 9.53 Å². The molecule has 2 aromatic heterocycles. The highest BCUT2D eigenvalue weighted by Gasteiger charge is 2.23. The van der Waals surface area contributed by atoms with Gasteiger partial charge in [0.25, 0.3) is 5.91 Å². The zero-order valence-electron chi connectivity index (χ0n) is 18.6. The number of rotatable bonds is 5. The van der Waals surface area contributed by atoms with Crippen LogP contribution in [0.15, 0.2) is 67.1 Å². The van der Waals surface area contributed by atoms with Gasteiger partial charge in [0, 0.05) is 55.8 Å². The van der Waals surface area contributed by atoms with Crippen LogP contribution < -0.4 is 19.9 Å². The number of amides is 1. The van der Waals surface area contributed by atoms with Crippen molar-refractivity contribution in [1.29, 1.82) is 0 Å². The third kappa shape index (κ3) is 4.32. The van der Waals surface area contributed by atoms with Crippen molar-refractivity contribution in [2.75, 3.05) is 48.4 Å². The van der Waals surface area contributed by atoms with Crippen LogP contribution in [0, 0.1) is 0 Å². The highest BCUT2D eigenvalue weighted by Crippen LogP contribution is 2.30. The van der Waals surface area contributed by atoms with Crippen LogP contribution in [0.3, 0.4) is 0 Å². The van der Waals surface area contributed by atoms with Gasteiger partial charge in [-0.3, -0.25) is 4.79 Å². The predicted molar refractivity (Wildman–Crippen MR) is 134 cm³/mol. The number of aromatic nitrogens is 3. The number of pyridine rings is 1. The zero-order chi connectivity index (χ0) is 23.5. The summed E-state index contributed by atoms with van der Waals surface area (Å²) < 4.78 is 5.18. The van der Waals surface area contributed by atoms with E-state index in [0.717, 1.165) is 48.7 Å². The largest absolute Gasteiger partial charge is 0.495 e. The number of fused-ring (bicyclic) bond motifs is 1. The number of halogens is 1. The average molecular weight is 475 g/mol. The molecule has 4 aromatic rings. The molecule has 0 saturated carbocycles. The van der Waals surface area contributed by atoms with E-state index in [4.69, 9.17) is 21.3 Å². The number of ether oxygens (including phenoxy) is 1. The molecule has 0 spiro atoms.